The Morgan fingerprint density at radius 1 is 0.200 bits per heavy atom. The van der Waals surface area contributed by atoms with E-state index in [1.807, 2.05) is 0 Å². The van der Waals surface area contributed by atoms with Crippen LogP contribution in [0.15, 0.2) is 279 Å². The molecule has 0 saturated heterocycles. The summed E-state index contributed by atoms with van der Waals surface area (Å²) in [5.41, 5.74) is 24.9. The van der Waals surface area contributed by atoms with Gasteiger partial charge < -0.3 is 9.80 Å². The second-order valence-corrected chi connectivity index (χ2v) is 22.1. The predicted molar refractivity (Wildman–Crippen MR) is 340 cm³/mol. The number of hydrogen-bond acceptors (Lipinski definition) is 2. The highest BCUT2D eigenvalue weighted by atomic mass is 15.1. The Morgan fingerprint density at radius 3 is 0.688 bits per heavy atom. The Kier molecular flexibility index (Phi) is 14.9. The third-order valence-electron chi connectivity index (χ3n) is 17.1. The van der Waals surface area contributed by atoms with Crippen LogP contribution < -0.4 is 9.80 Å². The van der Waals surface area contributed by atoms with Gasteiger partial charge in [0.1, 0.15) is 0 Å². The zero-order chi connectivity index (χ0) is 53.5. The van der Waals surface area contributed by atoms with Crippen LogP contribution in [-0.4, -0.2) is 0 Å². The lowest BCUT2D eigenvalue weighted by molar-refractivity contribution is 0.444. The average molecular weight is 1030 g/mol. The molecule has 11 aromatic rings. The van der Waals surface area contributed by atoms with Crippen molar-refractivity contribution in [2.75, 3.05) is 9.80 Å². The molecule has 0 unspecified atom stereocenters. The summed E-state index contributed by atoms with van der Waals surface area (Å²) >= 11 is 0. The highest BCUT2D eigenvalue weighted by Gasteiger charge is 2.25. The van der Waals surface area contributed by atoms with Gasteiger partial charge in [-0.2, -0.15) is 0 Å². The van der Waals surface area contributed by atoms with Crippen LogP contribution in [-0.2, 0) is 0 Å². The summed E-state index contributed by atoms with van der Waals surface area (Å²) in [4.78, 5) is 4.92. The zero-order valence-electron chi connectivity index (χ0n) is 45.7. The first kappa shape index (κ1) is 50.5. The topological polar surface area (TPSA) is 6.48 Å². The van der Waals surface area contributed by atoms with Crippen molar-refractivity contribution in [2.24, 2.45) is 0 Å². The lowest BCUT2D eigenvalue weighted by atomic mass is 9.79. The smallest absolute Gasteiger partial charge is 0.0464 e. The second-order valence-electron chi connectivity index (χ2n) is 22.1. The number of benzene rings is 11. The standard InChI is InChI=1S/C78H68N2/c1-7-19-57(20-8-1)61-35-43-69(44-36-61)79(70-45-37-62(38-46-70)58-21-9-2-10-22-58)73-51-53-75(77(55-73)65-27-15-5-16-28-65)67-31-33-68(34-32-67)76-54-52-74(56-78(76)66-29-17-6-18-30-66)80(71-47-39-63(40-48-71)59-23-11-3-12-24-59)72-49-41-64(42-50-72)60-25-13-4-14-26-60/h1-4,7-14,19-26,31-56,65-66H,5-6,15-18,27-30H2. The van der Waals surface area contributed by atoms with Crippen LogP contribution in [0, 0.1) is 0 Å². The summed E-state index contributed by atoms with van der Waals surface area (Å²) in [6.45, 7) is 0. The van der Waals surface area contributed by atoms with E-state index in [0.29, 0.717) is 11.8 Å². The third kappa shape index (κ3) is 10.9. The molecule has 0 radical (unpaired) electrons. The fourth-order valence-corrected chi connectivity index (χ4v) is 12.9. The van der Waals surface area contributed by atoms with E-state index in [4.69, 9.17) is 0 Å². The van der Waals surface area contributed by atoms with Crippen molar-refractivity contribution in [1.29, 1.82) is 0 Å². The fourth-order valence-electron chi connectivity index (χ4n) is 12.9. The monoisotopic (exact) mass is 1030 g/mol. The average Bonchev–Trinajstić information content (AvgIpc) is 3.64. The fraction of sp³-hybridized carbons (Fsp3) is 0.154. The molecule has 2 saturated carbocycles. The largest absolute Gasteiger partial charge is 0.310 e. The maximum atomic E-state index is 2.53. The highest BCUT2D eigenvalue weighted by molar-refractivity contribution is 5.85. The lowest BCUT2D eigenvalue weighted by Gasteiger charge is -2.30. The summed E-state index contributed by atoms with van der Waals surface area (Å²) in [7, 11) is 0. The van der Waals surface area contributed by atoms with E-state index < -0.39 is 0 Å². The maximum Gasteiger partial charge on any atom is 0.0464 e. The van der Waals surface area contributed by atoms with E-state index in [1.165, 1.54) is 153 Å². The first-order valence-electron chi connectivity index (χ1n) is 29.3. The molecule has 0 aliphatic heterocycles. The molecule has 0 amide bonds. The minimum absolute atomic E-state index is 0.499. The van der Waals surface area contributed by atoms with Crippen LogP contribution in [0.3, 0.4) is 0 Å². The van der Waals surface area contributed by atoms with Crippen molar-refractivity contribution < 1.29 is 0 Å². The normalized spacial score (nSPS) is 13.9. The SMILES string of the molecule is c1ccc(-c2ccc(N(c3ccc(-c4ccccc4)cc3)c3ccc(-c4ccc(-c5ccc(N(c6ccc(-c7ccccc7)cc6)c6ccc(-c7ccccc7)cc6)cc5C5CCCCC5)cc4)c(C4CCCCC4)c3)cc2)cc1. The van der Waals surface area contributed by atoms with E-state index in [9.17, 15) is 0 Å². The van der Waals surface area contributed by atoms with Crippen LogP contribution in [0.4, 0.5) is 34.1 Å². The van der Waals surface area contributed by atoms with Crippen LogP contribution in [0.5, 0.6) is 0 Å². The minimum atomic E-state index is 0.499. The third-order valence-corrected chi connectivity index (χ3v) is 17.1. The van der Waals surface area contributed by atoms with Gasteiger partial charge in [-0.25, -0.2) is 0 Å². The highest BCUT2D eigenvalue weighted by Crippen LogP contribution is 2.47. The molecule has 0 N–H and O–H groups in total. The van der Waals surface area contributed by atoms with Crippen LogP contribution in [0.25, 0.3) is 66.8 Å². The number of nitrogens with zero attached hydrogens (tertiary/aromatic N) is 2. The van der Waals surface area contributed by atoms with Gasteiger partial charge in [-0.1, -0.05) is 245 Å². The van der Waals surface area contributed by atoms with E-state index in [-0.39, 0.29) is 0 Å². The molecule has 13 rings (SSSR count). The van der Waals surface area contributed by atoms with Gasteiger partial charge in [0.25, 0.3) is 0 Å². The van der Waals surface area contributed by atoms with E-state index in [2.05, 4.69) is 289 Å². The second kappa shape index (κ2) is 23.5. The van der Waals surface area contributed by atoms with Gasteiger partial charge in [0.05, 0.1) is 0 Å². The molecule has 2 heteroatoms. The van der Waals surface area contributed by atoms with Gasteiger partial charge in [0.15, 0.2) is 0 Å². The van der Waals surface area contributed by atoms with Crippen molar-refractivity contribution in [2.45, 2.75) is 76.0 Å². The van der Waals surface area contributed by atoms with Crippen molar-refractivity contribution >= 4 is 34.1 Å². The van der Waals surface area contributed by atoms with Crippen LogP contribution in [0.2, 0.25) is 0 Å². The van der Waals surface area contributed by atoms with E-state index in [0.717, 1.165) is 22.7 Å². The summed E-state index contributed by atoms with van der Waals surface area (Å²) in [5.74, 6) is 0.997. The molecule has 0 bridgehead atoms. The van der Waals surface area contributed by atoms with Crippen molar-refractivity contribution in [1.82, 2.24) is 0 Å². The number of anilines is 6. The molecule has 0 spiro atoms. The number of hydrogen-bond donors (Lipinski definition) is 0. The maximum absolute atomic E-state index is 2.53. The zero-order valence-corrected chi connectivity index (χ0v) is 45.7. The Labute approximate surface area is 474 Å². The minimum Gasteiger partial charge on any atom is -0.310 e. The Bertz CT molecular complexity index is 3350. The molecule has 390 valence electrons. The van der Waals surface area contributed by atoms with Gasteiger partial charge in [-0.15, -0.1) is 0 Å². The van der Waals surface area contributed by atoms with Gasteiger partial charge in [-0.05, 0) is 188 Å². The number of rotatable bonds is 14. The summed E-state index contributed by atoms with van der Waals surface area (Å²) in [6.07, 6.45) is 12.6. The first-order chi connectivity index (χ1) is 39.7. The summed E-state index contributed by atoms with van der Waals surface area (Å²) < 4.78 is 0. The molecule has 2 nitrogen and oxygen atoms in total. The molecule has 11 aromatic carbocycles. The molecule has 2 aliphatic carbocycles. The van der Waals surface area contributed by atoms with E-state index >= 15 is 0 Å². The molecule has 0 aromatic heterocycles. The Morgan fingerprint density at radius 2 is 0.425 bits per heavy atom. The van der Waals surface area contributed by atoms with E-state index in [1.54, 1.807) is 0 Å². The summed E-state index contributed by atoms with van der Waals surface area (Å²) in [5, 5.41) is 0. The van der Waals surface area contributed by atoms with Crippen molar-refractivity contribution in [3.05, 3.63) is 290 Å². The Hall–Kier alpha value is -8.98. The molecule has 0 heterocycles. The Balaban J connectivity index is 0.869. The van der Waals surface area contributed by atoms with Crippen molar-refractivity contribution in [3.8, 4) is 66.8 Å². The molecule has 2 fully saturated rings. The quantitative estimate of drug-likeness (QED) is 0.107. The van der Waals surface area contributed by atoms with Gasteiger partial charge in [0.2, 0.25) is 0 Å². The molecule has 2 aliphatic rings. The molecule has 0 atom stereocenters. The molecular formula is C78H68N2. The van der Waals surface area contributed by atoms with Gasteiger partial charge in [0, 0.05) is 34.1 Å². The molecule has 80 heavy (non-hydrogen) atoms. The van der Waals surface area contributed by atoms with Gasteiger partial charge >= 0.3 is 0 Å². The van der Waals surface area contributed by atoms with Gasteiger partial charge in [-0.3, -0.25) is 0 Å². The first-order valence-corrected chi connectivity index (χ1v) is 29.3. The van der Waals surface area contributed by atoms with Crippen LogP contribution >= 0.6 is 0 Å². The predicted octanol–water partition coefficient (Wildman–Crippen LogP) is 22.7. The van der Waals surface area contributed by atoms with Crippen molar-refractivity contribution in [3.63, 3.8) is 0 Å². The summed E-state index contributed by atoms with van der Waals surface area (Å²) in [6, 6.07) is 104. The van der Waals surface area contributed by atoms with Crippen LogP contribution in [0.1, 0.15) is 87.2 Å². The lowest BCUT2D eigenvalue weighted by Crippen LogP contribution is -2.12. The molecular weight excluding hydrogens is 965 g/mol.